The Morgan fingerprint density at radius 2 is 1.43 bits per heavy atom. The fourth-order valence-corrected chi connectivity index (χ4v) is 5.33. The lowest BCUT2D eigenvalue weighted by Gasteiger charge is -2.32. The molecule has 0 saturated carbocycles. The number of hydrogen-bond donors (Lipinski definition) is 1. The van der Waals surface area contributed by atoms with Gasteiger partial charge in [-0.15, -0.1) is 0 Å². The average Bonchev–Trinajstić information content (AvgIpc) is 2.88. The molecular weight excluding hydrogens is 442 g/mol. The van der Waals surface area contributed by atoms with Crippen LogP contribution in [0, 0.1) is 0 Å². The van der Waals surface area contributed by atoms with Crippen molar-refractivity contribution in [1.82, 2.24) is 14.4 Å². The second-order valence-corrected chi connectivity index (χ2v) is 9.52. The van der Waals surface area contributed by atoms with Crippen molar-refractivity contribution >= 4 is 0 Å². The van der Waals surface area contributed by atoms with Crippen LogP contribution in [0.4, 0.5) is 0 Å². The first-order valence-corrected chi connectivity index (χ1v) is 12.1. The topological polar surface area (TPSA) is 67.2 Å². The number of hydrogen-bond acceptors (Lipinski definition) is 6. The first-order valence-electron chi connectivity index (χ1n) is 12.1. The lowest BCUT2D eigenvalue weighted by atomic mass is 9.98. The lowest BCUT2D eigenvalue weighted by molar-refractivity contribution is 0.226. The van der Waals surface area contributed by atoms with Crippen LogP contribution in [0.15, 0.2) is 47.3 Å². The predicted octanol–water partition coefficient (Wildman–Crippen LogP) is 3.22. The monoisotopic (exact) mass is 475 g/mol. The van der Waals surface area contributed by atoms with Gasteiger partial charge in [-0.3, -0.25) is 14.6 Å². The van der Waals surface area contributed by atoms with Crippen LogP contribution in [0.3, 0.4) is 0 Å². The maximum atomic E-state index is 12.7. The van der Waals surface area contributed by atoms with Gasteiger partial charge >= 0.3 is 0 Å². The highest BCUT2D eigenvalue weighted by Crippen LogP contribution is 2.34. The van der Waals surface area contributed by atoms with Crippen LogP contribution in [0.25, 0.3) is 0 Å². The molecule has 3 aromatic rings. The van der Waals surface area contributed by atoms with Gasteiger partial charge in [0.1, 0.15) is 0 Å². The van der Waals surface area contributed by atoms with Crippen molar-refractivity contribution in [3.63, 3.8) is 0 Å². The highest BCUT2D eigenvalue weighted by atomic mass is 16.5. The molecule has 2 aliphatic rings. The fourth-order valence-electron chi connectivity index (χ4n) is 5.33. The second kappa shape index (κ2) is 9.76. The van der Waals surface area contributed by atoms with Crippen molar-refractivity contribution in [1.29, 1.82) is 0 Å². The van der Waals surface area contributed by atoms with E-state index in [9.17, 15) is 9.90 Å². The van der Waals surface area contributed by atoms with Gasteiger partial charge in [0.05, 0.1) is 19.9 Å². The Morgan fingerprint density at radius 3 is 2.14 bits per heavy atom. The van der Waals surface area contributed by atoms with Crippen LogP contribution in [-0.4, -0.2) is 46.8 Å². The maximum Gasteiger partial charge on any atom is 0.223 e. The van der Waals surface area contributed by atoms with Crippen molar-refractivity contribution in [2.75, 3.05) is 27.3 Å². The molecule has 0 bridgehead atoms. The highest BCUT2D eigenvalue weighted by molar-refractivity contribution is 5.48. The van der Waals surface area contributed by atoms with E-state index in [2.05, 4.69) is 40.1 Å². The molecule has 0 atom stereocenters. The maximum absolute atomic E-state index is 12.7. The van der Waals surface area contributed by atoms with Crippen molar-refractivity contribution in [3.05, 3.63) is 86.3 Å². The molecule has 0 radical (unpaired) electrons. The van der Waals surface area contributed by atoms with E-state index >= 15 is 0 Å². The number of methoxy groups -OCH3 is 2. The van der Waals surface area contributed by atoms with E-state index in [0.29, 0.717) is 24.5 Å². The Labute approximate surface area is 206 Å². The summed E-state index contributed by atoms with van der Waals surface area (Å²) in [5.41, 5.74) is 6.46. The van der Waals surface area contributed by atoms with Gasteiger partial charge in [-0.2, -0.15) is 0 Å². The summed E-state index contributed by atoms with van der Waals surface area (Å²) in [5, 5.41) is 10.7. The Balaban J connectivity index is 1.36. The van der Waals surface area contributed by atoms with Crippen LogP contribution in [0.2, 0.25) is 0 Å². The van der Waals surface area contributed by atoms with Crippen molar-refractivity contribution in [2.24, 2.45) is 7.05 Å². The van der Waals surface area contributed by atoms with Gasteiger partial charge < -0.3 is 19.1 Å². The molecule has 2 aliphatic heterocycles. The van der Waals surface area contributed by atoms with E-state index in [-0.39, 0.29) is 11.2 Å². The number of nitrogens with zero attached hydrogens (tertiary/aromatic N) is 3. The minimum absolute atomic E-state index is 0.154. The third-order valence-corrected chi connectivity index (χ3v) is 7.41. The van der Waals surface area contributed by atoms with Gasteiger partial charge in [-0.25, -0.2) is 0 Å². The molecule has 0 fully saturated rings. The molecule has 5 rings (SSSR count). The number of pyridine rings is 1. The minimum Gasteiger partial charge on any atom is -0.503 e. The number of rotatable bonds is 6. The number of fused-ring (bicyclic) bond motifs is 2. The SMILES string of the molecule is COc1cc2c(cc1OC)CN(Cc1c(O)c(=O)cc(CN3CCc4ccccc4C3)n1C)CC2. The van der Waals surface area contributed by atoms with E-state index in [0.717, 1.165) is 50.5 Å². The summed E-state index contributed by atoms with van der Waals surface area (Å²) in [6.07, 6.45) is 1.88. The summed E-state index contributed by atoms with van der Waals surface area (Å²) in [4.78, 5) is 17.4. The summed E-state index contributed by atoms with van der Waals surface area (Å²) >= 11 is 0. The molecule has 0 saturated heterocycles. The van der Waals surface area contributed by atoms with E-state index in [1.165, 1.54) is 22.3 Å². The minimum atomic E-state index is -0.311. The molecule has 7 nitrogen and oxygen atoms in total. The Bertz CT molecular complexity index is 1300. The molecule has 2 aromatic carbocycles. The molecule has 3 heterocycles. The molecule has 7 heteroatoms. The summed E-state index contributed by atoms with van der Waals surface area (Å²) in [6, 6.07) is 14.2. The predicted molar refractivity (Wildman–Crippen MR) is 135 cm³/mol. The van der Waals surface area contributed by atoms with Gasteiger partial charge in [-0.05, 0) is 47.2 Å². The Kier molecular flexibility index (Phi) is 6.54. The van der Waals surface area contributed by atoms with Crippen molar-refractivity contribution in [2.45, 2.75) is 39.0 Å². The van der Waals surface area contributed by atoms with E-state index in [4.69, 9.17) is 9.47 Å². The van der Waals surface area contributed by atoms with E-state index in [1.54, 1.807) is 20.3 Å². The lowest BCUT2D eigenvalue weighted by Crippen LogP contribution is -2.34. The molecule has 0 spiro atoms. The normalized spacial score (nSPS) is 16.0. The quantitative estimate of drug-likeness (QED) is 0.591. The van der Waals surface area contributed by atoms with Crippen molar-refractivity contribution in [3.8, 4) is 17.2 Å². The van der Waals surface area contributed by atoms with Crippen molar-refractivity contribution < 1.29 is 14.6 Å². The molecule has 184 valence electrons. The van der Waals surface area contributed by atoms with Gasteiger partial charge in [0.25, 0.3) is 0 Å². The van der Waals surface area contributed by atoms with Gasteiger partial charge in [0.15, 0.2) is 17.2 Å². The largest absolute Gasteiger partial charge is 0.503 e. The van der Waals surface area contributed by atoms with Gasteiger partial charge in [0.2, 0.25) is 5.43 Å². The van der Waals surface area contributed by atoms with E-state index < -0.39 is 0 Å². The Morgan fingerprint density at radius 1 is 0.829 bits per heavy atom. The third-order valence-electron chi connectivity index (χ3n) is 7.41. The van der Waals surface area contributed by atoms with Crippen LogP contribution in [0.1, 0.15) is 33.6 Å². The van der Waals surface area contributed by atoms with Gasteiger partial charge in [-0.1, -0.05) is 24.3 Å². The summed E-state index contributed by atoms with van der Waals surface area (Å²) in [7, 11) is 5.25. The molecular formula is C28H33N3O4. The highest BCUT2D eigenvalue weighted by Gasteiger charge is 2.23. The first-order chi connectivity index (χ1) is 17.0. The number of aromatic nitrogens is 1. The standard InChI is InChI=1S/C28H33N3O4/c1-29-23(17-30-10-8-19-6-4-5-7-21(19)15-30)14-25(32)28(33)24(29)18-31-11-9-20-12-26(34-2)27(35-3)13-22(20)16-31/h4-7,12-14,33H,8-11,15-18H2,1-3H3. The second-order valence-electron chi connectivity index (χ2n) is 9.52. The number of benzene rings is 2. The van der Waals surface area contributed by atoms with Crippen LogP contribution in [-0.2, 0) is 46.1 Å². The molecule has 1 aromatic heterocycles. The fraction of sp³-hybridized carbons (Fsp3) is 0.393. The molecule has 0 amide bonds. The third kappa shape index (κ3) is 4.66. The summed E-state index contributed by atoms with van der Waals surface area (Å²) in [5.74, 6) is 1.31. The molecule has 35 heavy (non-hydrogen) atoms. The zero-order valence-electron chi connectivity index (χ0n) is 20.7. The number of ether oxygens (including phenoxy) is 2. The zero-order chi connectivity index (χ0) is 24.5. The zero-order valence-corrected chi connectivity index (χ0v) is 20.7. The number of aromatic hydroxyl groups is 1. The van der Waals surface area contributed by atoms with Crippen LogP contribution < -0.4 is 14.9 Å². The summed E-state index contributed by atoms with van der Waals surface area (Å²) in [6.45, 7) is 4.55. The van der Waals surface area contributed by atoms with E-state index in [1.807, 2.05) is 17.7 Å². The molecule has 0 unspecified atom stereocenters. The van der Waals surface area contributed by atoms with Crippen LogP contribution in [0.5, 0.6) is 17.2 Å². The Hall–Kier alpha value is -3.29. The smallest absolute Gasteiger partial charge is 0.223 e. The van der Waals surface area contributed by atoms with Crippen LogP contribution >= 0.6 is 0 Å². The molecule has 0 aliphatic carbocycles. The summed E-state index contributed by atoms with van der Waals surface area (Å²) < 4.78 is 12.9. The average molecular weight is 476 g/mol. The first kappa shape index (κ1) is 23.5. The molecule has 1 N–H and O–H groups in total. The van der Waals surface area contributed by atoms with Gasteiger partial charge in [0, 0.05) is 58.1 Å².